The van der Waals surface area contributed by atoms with Gasteiger partial charge in [0.1, 0.15) is 11.9 Å². The molecule has 3 aromatic rings. The van der Waals surface area contributed by atoms with Crippen molar-refractivity contribution in [2.75, 3.05) is 31.5 Å². The molecule has 0 unspecified atom stereocenters. The first-order valence-corrected chi connectivity index (χ1v) is 12.2. The first-order valence-electron chi connectivity index (χ1n) is 10.7. The van der Waals surface area contributed by atoms with Gasteiger partial charge in [0.25, 0.3) is 0 Å². The molecule has 1 saturated heterocycles. The summed E-state index contributed by atoms with van der Waals surface area (Å²) in [5.74, 6) is -0.668. The van der Waals surface area contributed by atoms with Crippen molar-refractivity contribution >= 4 is 21.6 Å². The van der Waals surface area contributed by atoms with Crippen LogP contribution in [-0.2, 0) is 14.8 Å². The Kier molecular flexibility index (Phi) is 7.03. The third kappa shape index (κ3) is 5.15. The van der Waals surface area contributed by atoms with Crippen molar-refractivity contribution in [3.05, 3.63) is 95.8 Å². The number of benzene rings is 3. The molecule has 1 aliphatic heterocycles. The van der Waals surface area contributed by atoms with Gasteiger partial charge < -0.3 is 5.32 Å². The van der Waals surface area contributed by atoms with Gasteiger partial charge in [0, 0.05) is 31.9 Å². The lowest BCUT2D eigenvalue weighted by molar-refractivity contribution is -0.122. The second kappa shape index (κ2) is 10.1. The van der Waals surface area contributed by atoms with E-state index in [4.69, 9.17) is 5.26 Å². The molecule has 3 aromatic carbocycles. The fourth-order valence-corrected chi connectivity index (χ4v) is 5.38. The average Bonchev–Trinajstić information content (AvgIpc) is 2.86. The predicted octanol–water partition coefficient (Wildman–Crippen LogP) is 3.38. The number of hydrogen-bond donors (Lipinski definition) is 1. The summed E-state index contributed by atoms with van der Waals surface area (Å²) in [6.45, 7) is 1.14. The van der Waals surface area contributed by atoms with Crippen LogP contribution in [0.2, 0.25) is 0 Å². The van der Waals surface area contributed by atoms with Crippen LogP contribution in [0.3, 0.4) is 0 Å². The van der Waals surface area contributed by atoms with Crippen molar-refractivity contribution in [3.63, 3.8) is 0 Å². The quantitative estimate of drug-likeness (QED) is 0.586. The molecule has 1 N–H and O–H groups in total. The van der Waals surface area contributed by atoms with Crippen LogP contribution >= 0.6 is 0 Å². The topological polar surface area (TPSA) is 93.5 Å². The van der Waals surface area contributed by atoms with E-state index in [1.54, 1.807) is 0 Å². The van der Waals surface area contributed by atoms with E-state index in [0.717, 1.165) is 5.56 Å². The van der Waals surface area contributed by atoms with E-state index in [-0.39, 0.29) is 23.9 Å². The molecule has 1 aliphatic rings. The molecule has 7 nitrogen and oxygen atoms in total. The summed E-state index contributed by atoms with van der Waals surface area (Å²) in [5, 5.41) is 11.8. The highest BCUT2D eigenvalue weighted by Crippen LogP contribution is 2.26. The number of anilines is 1. The number of nitriles is 1. The SMILES string of the molecule is N#Cc1ccc(S(=O)(=O)N2CCN([C@H](C(=O)Nc3ccc(F)cc3)c3ccccc3)CC2)cc1. The van der Waals surface area contributed by atoms with E-state index in [2.05, 4.69) is 5.32 Å². The van der Waals surface area contributed by atoms with Crippen molar-refractivity contribution in [2.45, 2.75) is 10.9 Å². The summed E-state index contributed by atoms with van der Waals surface area (Å²) < 4.78 is 40.7. The first-order chi connectivity index (χ1) is 16.4. The zero-order valence-electron chi connectivity index (χ0n) is 18.3. The van der Waals surface area contributed by atoms with Crippen LogP contribution in [0, 0.1) is 17.1 Å². The molecule has 0 aliphatic carbocycles. The fourth-order valence-electron chi connectivity index (χ4n) is 3.96. The number of piperazine rings is 1. The molecule has 0 saturated carbocycles. The van der Waals surface area contributed by atoms with Gasteiger partial charge in [-0.15, -0.1) is 0 Å². The number of amides is 1. The Bertz CT molecular complexity index is 1280. The van der Waals surface area contributed by atoms with E-state index in [1.165, 1.54) is 52.8 Å². The van der Waals surface area contributed by atoms with Crippen LogP contribution < -0.4 is 5.32 Å². The molecule has 0 radical (unpaired) electrons. The maximum atomic E-state index is 13.3. The molecule has 1 fully saturated rings. The molecular weight excluding hydrogens is 455 g/mol. The summed E-state index contributed by atoms with van der Waals surface area (Å²) in [7, 11) is -3.71. The standard InChI is InChI=1S/C25H23FN4O3S/c26-21-8-10-22(11-9-21)28-25(31)24(20-4-2-1-3-5-20)29-14-16-30(17-15-29)34(32,33)23-12-6-19(18-27)7-13-23/h1-13,24H,14-17H2,(H,28,31)/t24-/m0/s1. The van der Waals surface area contributed by atoms with Crippen LogP contribution in [0.4, 0.5) is 10.1 Å². The third-order valence-corrected chi connectivity index (χ3v) is 7.65. The molecule has 34 heavy (non-hydrogen) atoms. The fraction of sp³-hybridized carbons (Fsp3) is 0.200. The van der Waals surface area contributed by atoms with Crippen LogP contribution in [0.1, 0.15) is 17.2 Å². The second-order valence-corrected chi connectivity index (χ2v) is 9.82. The highest BCUT2D eigenvalue weighted by Gasteiger charge is 2.34. The Morgan fingerprint density at radius 1 is 0.912 bits per heavy atom. The minimum atomic E-state index is -3.71. The number of sulfonamides is 1. The van der Waals surface area contributed by atoms with E-state index >= 15 is 0 Å². The summed E-state index contributed by atoms with van der Waals surface area (Å²) in [4.78, 5) is 15.3. The lowest BCUT2D eigenvalue weighted by atomic mass is 10.0. The number of nitrogens with one attached hydrogen (secondary N) is 1. The number of rotatable bonds is 6. The zero-order valence-corrected chi connectivity index (χ0v) is 19.1. The molecule has 0 bridgehead atoms. The Morgan fingerprint density at radius 3 is 2.12 bits per heavy atom. The minimum absolute atomic E-state index is 0.133. The number of halogens is 1. The lowest BCUT2D eigenvalue weighted by Gasteiger charge is -2.38. The van der Waals surface area contributed by atoms with Gasteiger partial charge in [0.2, 0.25) is 15.9 Å². The van der Waals surface area contributed by atoms with Gasteiger partial charge in [0.15, 0.2) is 0 Å². The van der Waals surface area contributed by atoms with Crippen LogP contribution in [0.5, 0.6) is 0 Å². The second-order valence-electron chi connectivity index (χ2n) is 7.89. The smallest absolute Gasteiger partial charge is 0.246 e. The Balaban J connectivity index is 1.51. The molecule has 0 spiro atoms. The highest BCUT2D eigenvalue weighted by molar-refractivity contribution is 7.89. The minimum Gasteiger partial charge on any atom is -0.324 e. The normalized spacial score (nSPS) is 15.9. The van der Waals surface area contributed by atoms with Gasteiger partial charge in [-0.25, -0.2) is 12.8 Å². The number of nitrogens with zero attached hydrogens (tertiary/aromatic N) is 3. The number of carbonyl (C=O) groups is 1. The molecule has 174 valence electrons. The third-order valence-electron chi connectivity index (χ3n) is 5.73. The maximum absolute atomic E-state index is 13.3. The summed E-state index contributed by atoms with van der Waals surface area (Å²) in [5.41, 5.74) is 1.65. The average molecular weight is 479 g/mol. The van der Waals surface area contributed by atoms with E-state index in [9.17, 15) is 17.6 Å². The number of hydrogen-bond acceptors (Lipinski definition) is 5. The molecular formula is C25H23FN4O3S. The summed E-state index contributed by atoms with van der Waals surface area (Å²) in [6.07, 6.45) is 0. The molecule has 1 heterocycles. The van der Waals surface area contributed by atoms with Crippen LogP contribution in [-0.4, -0.2) is 49.7 Å². The molecule has 1 atom stereocenters. The van der Waals surface area contributed by atoms with Crippen molar-refractivity contribution in [1.29, 1.82) is 5.26 Å². The van der Waals surface area contributed by atoms with Crippen LogP contribution in [0.25, 0.3) is 0 Å². The summed E-state index contributed by atoms with van der Waals surface area (Å²) >= 11 is 0. The van der Waals surface area contributed by atoms with Gasteiger partial charge in [-0.1, -0.05) is 30.3 Å². The van der Waals surface area contributed by atoms with E-state index in [1.807, 2.05) is 41.3 Å². The first kappa shape index (κ1) is 23.6. The van der Waals surface area contributed by atoms with E-state index < -0.39 is 21.9 Å². The monoisotopic (exact) mass is 478 g/mol. The Morgan fingerprint density at radius 2 is 1.53 bits per heavy atom. The van der Waals surface area contributed by atoms with Gasteiger partial charge >= 0.3 is 0 Å². The zero-order chi connectivity index (χ0) is 24.1. The van der Waals surface area contributed by atoms with Gasteiger partial charge in [-0.05, 0) is 54.1 Å². The lowest BCUT2D eigenvalue weighted by Crippen LogP contribution is -2.51. The molecule has 9 heteroatoms. The predicted molar refractivity (Wildman–Crippen MR) is 126 cm³/mol. The largest absolute Gasteiger partial charge is 0.324 e. The van der Waals surface area contributed by atoms with Crippen LogP contribution in [0.15, 0.2) is 83.8 Å². The number of carbonyl (C=O) groups excluding carboxylic acids is 1. The molecule has 4 rings (SSSR count). The summed E-state index contributed by atoms with van der Waals surface area (Å²) in [6, 6.07) is 22.0. The molecule has 1 amide bonds. The van der Waals surface area contributed by atoms with Gasteiger partial charge in [-0.3, -0.25) is 9.69 Å². The van der Waals surface area contributed by atoms with E-state index in [0.29, 0.717) is 24.3 Å². The Hall–Kier alpha value is -3.58. The van der Waals surface area contributed by atoms with Crippen molar-refractivity contribution in [1.82, 2.24) is 9.21 Å². The van der Waals surface area contributed by atoms with Crippen molar-refractivity contribution in [2.24, 2.45) is 0 Å². The Labute approximate surface area is 198 Å². The highest BCUT2D eigenvalue weighted by atomic mass is 32.2. The van der Waals surface area contributed by atoms with Crippen molar-refractivity contribution in [3.8, 4) is 6.07 Å². The van der Waals surface area contributed by atoms with Crippen molar-refractivity contribution < 1.29 is 17.6 Å². The maximum Gasteiger partial charge on any atom is 0.246 e. The molecule has 0 aromatic heterocycles. The van der Waals surface area contributed by atoms with Gasteiger partial charge in [0.05, 0.1) is 16.5 Å². The van der Waals surface area contributed by atoms with Gasteiger partial charge in [-0.2, -0.15) is 9.57 Å².